The third-order valence-corrected chi connectivity index (χ3v) is 3.82. The van der Waals surface area contributed by atoms with Crippen LogP contribution in [0.1, 0.15) is 33.4 Å². The lowest BCUT2D eigenvalue weighted by Gasteiger charge is -2.13. The Hall–Kier alpha value is -3.02. The zero-order chi connectivity index (χ0) is 26.0. The second-order valence-electron chi connectivity index (χ2n) is 6.07. The van der Waals surface area contributed by atoms with Crippen molar-refractivity contribution in [3.63, 3.8) is 0 Å². The van der Waals surface area contributed by atoms with Crippen molar-refractivity contribution in [3.05, 3.63) is 69.8 Å². The molecule has 0 bridgehead atoms. The van der Waals surface area contributed by atoms with Crippen LogP contribution in [0, 0.1) is 11.3 Å². The lowest BCUT2D eigenvalue weighted by molar-refractivity contribution is -0.144. The van der Waals surface area contributed by atoms with E-state index in [1.165, 1.54) is 6.07 Å². The molecule has 2 rings (SSSR count). The summed E-state index contributed by atoms with van der Waals surface area (Å²) in [6, 6.07) is 2.95. The maximum absolute atomic E-state index is 12.3. The number of nitrogens with two attached hydrogens (primary N) is 1. The van der Waals surface area contributed by atoms with Gasteiger partial charge in [0.15, 0.2) is 0 Å². The molecule has 0 aliphatic carbocycles. The molecule has 0 aliphatic heterocycles. The first-order valence-electron chi connectivity index (χ1n) is 7.95. The zero-order valence-corrected chi connectivity index (χ0v) is 16.2. The van der Waals surface area contributed by atoms with Crippen LogP contribution in [0.3, 0.4) is 0 Å². The Bertz CT molecular complexity index is 992. The lowest BCUT2D eigenvalue weighted by atomic mass is 10.0. The van der Waals surface area contributed by atoms with Gasteiger partial charge in [-0.2, -0.15) is 57.9 Å². The molecule has 2 nitrogen and oxygen atoms in total. The van der Waals surface area contributed by atoms with Gasteiger partial charge in [0.05, 0.1) is 33.9 Å². The number of hydrogen-bond acceptors (Lipinski definition) is 2. The fourth-order valence-corrected chi connectivity index (χ4v) is 2.23. The van der Waals surface area contributed by atoms with Gasteiger partial charge in [0.1, 0.15) is 4.99 Å². The molecule has 0 spiro atoms. The molecule has 0 aliphatic rings. The Morgan fingerprint density at radius 1 is 0.606 bits per heavy atom. The molecule has 0 atom stereocenters. The minimum atomic E-state index is -4.91. The highest BCUT2D eigenvalue weighted by Gasteiger charge is 2.38. The predicted octanol–water partition coefficient (Wildman–Crippen LogP) is 6.95. The highest BCUT2D eigenvalue weighted by molar-refractivity contribution is 7.80. The summed E-state index contributed by atoms with van der Waals surface area (Å²) in [5, 5.41) is 8.33. The minimum absolute atomic E-state index is 0.0156. The van der Waals surface area contributed by atoms with E-state index in [0.29, 0.717) is 24.3 Å². The van der Waals surface area contributed by atoms with Crippen LogP contribution in [0.2, 0.25) is 0 Å². The second kappa shape index (κ2) is 9.46. The van der Waals surface area contributed by atoms with Crippen LogP contribution in [0.15, 0.2) is 36.4 Å². The predicted molar refractivity (Wildman–Crippen MR) is 93.5 cm³/mol. The average Bonchev–Trinajstić information content (AvgIpc) is 2.65. The highest BCUT2D eigenvalue weighted by atomic mass is 32.1. The fraction of sp³-hybridized carbons (Fsp3) is 0.222. The van der Waals surface area contributed by atoms with E-state index in [9.17, 15) is 52.7 Å². The van der Waals surface area contributed by atoms with Gasteiger partial charge in [0.25, 0.3) is 0 Å². The van der Waals surface area contributed by atoms with Crippen molar-refractivity contribution >= 4 is 17.2 Å². The topological polar surface area (TPSA) is 49.8 Å². The van der Waals surface area contributed by atoms with E-state index < -0.39 is 63.1 Å². The Labute approximate surface area is 182 Å². The van der Waals surface area contributed by atoms with Crippen LogP contribution in [-0.4, -0.2) is 4.99 Å². The summed E-state index contributed by atoms with van der Waals surface area (Å²) in [4.78, 5) is -0.526. The molecule has 0 saturated heterocycles. The maximum atomic E-state index is 12.3. The van der Waals surface area contributed by atoms with Crippen LogP contribution >= 0.6 is 12.2 Å². The van der Waals surface area contributed by atoms with Gasteiger partial charge in [0.2, 0.25) is 0 Å². The number of thiocarbonyl (C=S) groups is 1. The van der Waals surface area contributed by atoms with Crippen molar-refractivity contribution in [2.24, 2.45) is 5.73 Å². The van der Waals surface area contributed by atoms with Crippen LogP contribution < -0.4 is 5.73 Å². The average molecular weight is 512 g/mol. The van der Waals surface area contributed by atoms with Gasteiger partial charge < -0.3 is 5.73 Å². The Balaban J connectivity index is 0.000000331. The summed E-state index contributed by atoms with van der Waals surface area (Å²) in [5.41, 5.74) is -1.96. The van der Waals surface area contributed by atoms with E-state index in [-0.39, 0.29) is 12.1 Å². The van der Waals surface area contributed by atoms with Crippen molar-refractivity contribution in [3.8, 4) is 6.07 Å². The van der Waals surface area contributed by atoms with Crippen LogP contribution in [0.5, 0.6) is 0 Å². The second-order valence-corrected chi connectivity index (χ2v) is 6.50. The van der Waals surface area contributed by atoms with Crippen molar-refractivity contribution in [2.45, 2.75) is 24.7 Å². The summed E-state index contributed by atoms with van der Waals surface area (Å²) in [7, 11) is 0. The highest BCUT2D eigenvalue weighted by Crippen LogP contribution is 2.37. The Morgan fingerprint density at radius 2 is 0.879 bits per heavy atom. The molecule has 0 fully saturated rings. The third kappa shape index (κ3) is 8.12. The molecule has 0 amide bonds. The molecule has 33 heavy (non-hydrogen) atoms. The minimum Gasteiger partial charge on any atom is -0.389 e. The number of rotatable bonds is 1. The monoisotopic (exact) mass is 512 g/mol. The van der Waals surface area contributed by atoms with E-state index >= 15 is 0 Å². The van der Waals surface area contributed by atoms with Gasteiger partial charge in [-0.1, -0.05) is 12.2 Å². The zero-order valence-electron chi connectivity index (χ0n) is 15.4. The van der Waals surface area contributed by atoms with E-state index in [1.807, 2.05) is 0 Å². The first-order chi connectivity index (χ1) is 14.7. The smallest absolute Gasteiger partial charge is 0.389 e. The summed E-state index contributed by atoms with van der Waals surface area (Å²) < 4.78 is 147. The number of halogens is 12. The molecule has 0 saturated carbocycles. The molecule has 2 aromatic carbocycles. The quantitative estimate of drug-likeness (QED) is 0.332. The van der Waals surface area contributed by atoms with Crippen LogP contribution in [-0.2, 0) is 24.7 Å². The summed E-state index contributed by atoms with van der Waals surface area (Å²) in [6.07, 6.45) is -19.6. The molecule has 15 heteroatoms. The first kappa shape index (κ1) is 28.0. The van der Waals surface area contributed by atoms with Crippen molar-refractivity contribution in [2.75, 3.05) is 0 Å². The number of benzene rings is 2. The van der Waals surface area contributed by atoms with Crippen molar-refractivity contribution < 1.29 is 52.7 Å². The molecular weight excluding hydrogens is 504 g/mol. The van der Waals surface area contributed by atoms with Gasteiger partial charge in [-0.3, -0.25) is 0 Å². The van der Waals surface area contributed by atoms with E-state index in [2.05, 4.69) is 12.2 Å². The standard InChI is InChI=1S/C9H5F6NS.C9H3F6N/c10-8(11,12)5-1-4(7(16)17)2-6(3-5)9(13,14)15;10-8(11,12)6-1-5(4-16)2-7(3-6)9(13,14)15/h1-3H,(H2,16,17);1-3H. The molecule has 2 aromatic rings. The van der Waals surface area contributed by atoms with Crippen molar-refractivity contribution in [1.82, 2.24) is 0 Å². The van der Waals surface area contributed by atoms with Crippen LogP contribution in [0.25, 0.3) is 0 Å². The maximum Gasteiger partial charge on any atom is 0.416 e. The van der Waals surface area contributed by atoms with E-state index in [1.54, 1.807) is 0 Å². The summed E-state index contributed by atoms with van der Waals surface area (Å²) >= 11 is 4.37. The SMILES string of the molecule is N#Cc1cc(C(F)(F)F)cc(C(F)(F)F)c1.NC(=S)c1cc(C(F)(F)F)cc(C(F)(F)F)c1. The molecule has 0 heterocycles. The van der Waals surface area contributed by atoms with Gasteiger partial charge >= 0.3 is 24.7 Å². The molecule has 0 unspecified atom stereocenters. The Morgan fingerprint density at radius 3 is 1.09 bits per heavy atom. The largest absolute Gasteiger partial charge is 0.416 e. The van der Waals surface area contributed by atoms with Gasteiger partial charge in [0, 0.05) is 5.56 Å². The number of nitriles is 1. The number of hydrogen-bond donors (Lipinski definition) is 1. The van der Waals surface area contributed by atoms with Gasteiger partial charge in [-0.05, 0) is 36.4 Å². The van der Waals surface area contributed by atoms with Crippen molar-refractivity contribution in [1.29, 1.82) is 5.26 Å². The number of nitrogens with zero attached hydrogens (tertiary/aromatic N) is 1. The Kier molecular flexibility index (Phi) is 8.03. The summed E-state index contributed by atoms with van der Waals surface area (Å²) in [6.45, 7) is 0. The van der Waals surface area contributed by atoms with Gasteiger partial charge in [-0.25, -0.2) is 0 Å². The summed E-state index contributed by atoms with van der Waals surface area (Å²) in [5.74, 6) is 0. The molecule has 0 aromatic heterocycles. The normalized spacial score (nSPS) is 12.5. The van der Waals surface area contributed by atoms with Gasteiger partial charge in [-0.15, -0.1) is 0 Å². The van der Waals surface area contributed by atoms with Crippen LogP contribution in [0.4, 0.5) is 52.7 Å². The van der Waals surface area contributed by atoms with E-state index in [0.717, 1.165) is 0 Å². The first-order valence-corrected chi connectivity index (χ1v) is 8.36. The molecule has 0 radical (unpaired) electrons. The lowest BCUT2D eigenvalue weighted by Crippen LogP contribution is -2.16. The number of alkyl halides is 12. The molecule has 180 valence electrons. The third-order valence-electron chi connectivity index (χ3n) is 3.59. The fourth-order valence-electron chi connectivity index (χ4n) is 2.12. The molecule has 2 N–H and O–H groups in total. The van der Waals surface area contributed by atoms with E-state index in [4.69, 9.17) is 11.0 Å². The molecular formula is C18H8F12N2S.